The van der Waals surface area contributed by atoms with E-state index in [0.717, 1.165) is 10.0 Å². The average molecular weight is 385 g/mol. The van der Waals surface area contributed by atoms with Crippen LogP contribution in [-0.2, 0) is 9.59 Å². The summed E-state index contributed by atoms with van der Waals surface area (Å²) in [6.45, 7) is 0. The van der Waals surface area contributed by atoms with Crippen molar-refractivity contribution < 1.29 is 29.3 Å². The van der Waals surface area contributed by atoms with Crippen LogP contribution in [0.5, 0.6) is 5.75 Å². The van der Waals surface area contributed by atoms with Crippen LogP contribution in [0.4, 0.5) is 0 Å². The highest BCUT2D eigenvalue weighted by Crippen LogP contribution is 2.45. The van der Waals surface area contributed by atoms with Gasteiger partial charge in [0.25, 0.3) is 0 Å². The molecule has 2 N–H and O–H groups in total. The number of rotatable bonds is 7. The zero-order chi connectivity index (χ0) is 17.1. The van der Waals surface area contributed by atoms with Gasteiger partial charge in [-0.1, -0.05) is 15.9 Å². The highest BCUT2D eigenvalue weighted by atomic mass is 79.9. The van der Waals surface area contributed by atoms with E-state index in [4.69, 9.17) is 14.9 Å². The number of ketones is 1. The van der Waals surface area contributed by atoms with Crippen molar-refractivity contribution in [1.29, 1.82) is 0 Å². The first kappa shape index (κ1) is 17.5. The van der Waals surface area contributed by atoms with Crippen molar-refractivity contribution in [3.05, 3.63) is 27.7 Å². The number of fused-ring (bicyclic) bond motifs is 1. The first-order valence-electron chi connectivity index (χ1n) is 7.16. The third-order valence-corrected chi connectivity index (χ3v) is 4.73. The second kappa shape index (κ2) is 7.12. The predicted octanol–water partition coefficient (Wildman–Crippen LogP) is 3.08. The van der Waals surface area contributed by atoms with Crippen LogP contribution in [-0.4, -0.2) is 35.0 Å². The third-order valence-electron chi connectivity index (χ3n) is 4.04. The number of carboxylic acid groups (broad SMARTS) is 2. The number of carbonyl (C=O) groups is 3. The summed E-state index contributed by atoms with van der Waals surface area (Å²) in [4.78, 5) is 34.2. The van der Waals surface area contributed by atoms with E-state index in [1.165, 1.54) is 7.11 Å². The summed E-state index contributed by atoms with van der Waals surface area (Å²) in [5.74, 6) is -2.37. The van der Waals surface area contributed by atoms with E-state index in [0.29, 0.717) is 17.7 Å². The molecule has 1 atom stereocenters. The summed E-state index contributed by atoms with van der Waals surface area (Å²) in [6, 6.07) is 3.49. The Morgan fingerprint density at radius 2 is 1.91 bits per heavy atom. The summed E-state index contributed by atoms with van der Waals surface area (Å²) in [6.07, 6.45) is 0.120. The molecular formula is C16H17BrO6. The Hall–Kier alpha value is -1.89. The molecule has 0 saturated heterocycles. The van der Waals surface area contributed by atoms with Gasteiger partial charge in [0, 0.05) is 23.7 Å². The lowest BCUT2D eigenvalue weighted by Crippen LogP contribution is -2.15. The van der Waals surface area contributed by atoms with Gasteiger partial charge in [0.2, 0.25) is 0 Å². The van der Waals surface area contributed by atoms with Gasteiger partial charge >= 0.3 is 11.9 Å². The minimum atomic E-state index is -1.04. The van der Waals surface area contributed by atoms with Crippen molar-refractivity contribution in [2.24, 2.45) is 5.92 Å². The van der Waals surface area contributed by atoms with Gasteiger partial charge < -0.3 is 14.9 Å². The molecular weight excluding hydrogens is 368 g/mol. The molecule has 0 aromatic heterocycles. The van der Waals surface area contributed by atoms with Gasteiger partial charge in [-0.05, 0) is 36.0 Å². The second-order valence-corrected chi connectivity index (χ2v) is 6.51. The fourth-order valence-electron chi connectivity index (χ4n) is 3.20. The summed E-state index contributed by atoms with van der Waals surface area (Å²) in [5.41, 5.74) is 1.30. The number of methoxy groups -OCH3 is 1. The van der Waals surface area contributed by atoms with Crippen LogP contribution in [0, 0.1) is 5.92 Å². The molecule has 7 heteroatoms. The third kappa shape index (κ3) is 3.90. The van der Waals surface area contributed by atoms with Gasteiger partial charge in [-0.15, -0.1) is 0 Å². The number of halogens is 1. The van der Waals surface area contributed by atoms with Crippen LogP contribution in [0.3, 0.4) is 0 Å². The number of ether oxygens (including phenoxy) is 1. The van der Waals surface area contributed by atoms with E-state index in [1.54, 1.807) is 12.1 Å². The monoisotopic (exact) mass is 384 g/mol. The van der Waals surface area contributed by atoms with Gasteiger partial charge in [0.15, 0.2) is 5.78 Å². The normalized spacial score (nSPS) is 16.5. The molecule has 0 radical (unpaired) electrons. The minimum absolute atomic E-state index is 0.0625. The molecule has 23 heavy (non-hydrogen) atoms. The number of Topliss-reactive ketones (excluding diaryl/α,β-unsaturated/α-hetero) is 1. The van der Waals surface area contributed by atoms with Crippen molar-refractivity contribution in [3.8, 4) is 5.75 Å². The maximum Gasteiger partial charge on any atom is 0.303 e. The maximum absolute atomic E-state index is 12.3. The number of aliphatic carboxylic acids is 2. The lowest BCUT2D eigenvalue weighted by atomic mass is 9.86. The fourth-order valence-corrected chi connectivity index (χ4v) is 3.85. The SMILES string of the molecule is COc1ccc(Br)c2c1C(=O)C[C@@H]2CC(CC(=O)O)CC(=O)O. The fraction of sp³-hybridized carbons (Fsp3) is 0.438. The predicted molar refractivity (Wildman–Crippen MR) is 85.0 cm³/mol. The molecule has 0 saturated carbocycles. The largest absolute Gasteiger partial charge is 0.496 e. The van der Waals surface area contributed by atoms with E-state index in [9.17, 15) is 14.4 Å². The Bertz CT molecular complexity index is 638. The Labute approximate surface area is 141 Å². The maximum atomic E-state index is 12.3. The van der Waals surface area contributed by atoms with Gasteiger partial charge in [-0.3, -0.25) is 14.4 Å². The molecule has 0 heterocycles. The van der Waals surface area contributed by atoms with Crippen molar-refractivity contribution in [3.63, 3.8) is 0 Å². The molecule has 0 fully saturated rings. The number of carbonyl (C=O) groups excluding carboxylic acids is 1. The van der Waals surface area contributed by atoms with Crippen LogP contribution >= 0.6 is 15.9 Å². The van der Waals surface area contributed by atoms with Crippen LogP contribution in [0.1, 0.15) is 47.5 Å². The molecule has 2 rings (SSSR count). The molecule has 1 aromatic rings. The van der Waals surface area contributed by atoms with Crippen molar-refractivity contribution in [2.45, 2.75) is 31.6 Å². The lowest BCUT2D eigenvalue weighted by Gasteiger charge is -2.19. The zero-order valence-corrected chi connectivity index (χ0v) is 14.1. The van der Waals surface area contributed by atoms with Crippen molar-refractivity contribution in [2.75, 3.05) is 7.11 Å². The smallest absolute Gasteiger partial charge is 0.303 e. The highest BCUT2D eigenvalue weighted by Gasteiger charge is 2.36. The van der Waals surface area contributed by atoms with Crippen LogP contribution in [0.15, 0.2) is 16.6 Å². The van der Waals surface area contributed by atoms with Gasteiger partial charge in [0.05, 0.1) is 12.7 Å². The van der Waals surface area contributed by atoms with Crippen molar-refractivity contribution in [1.82, 2.24) is 0 Å². The van der Waals surface area contributed by atoms with Crippen LogP contribution in [0.2, 0.25) is 0 Å². The van der Waals surface area contributed by atoms with E-state index < -0.39 is 17.9 Å². The number of hydrogen-bond acceptors (Lipinski definition) is 4. The number of hydrogen-bond donors (Lipinski definition) is 2. The minimum Gasteiger partial charge on any atom is -0.496 e. The molecule has 124 valence electrons. The molecule has 1 aliphatic carbocycles. The Morgan fingerprint density at radius 3 is 2.43 bits per heavy atom. The Balaban J connectivity index is 2.31. The quantitative estimate of drug-likeness (QED) is 0.748. The average Bonchev–Trinajstić information content (AvgIpc) is 2.76. The van der Waals surface area contributed by atoms with Gasteiger partial charge in [0.1, 0.15) is 5.75 Å². The molecule has 0 aliphatic heterocycles. The molecule has 0 unspecified atom stereocenters. The molecule has 1 aliphatic rings. The zero-order valence-electron chi connectivity index (χ0n) is 12.5. The molecule has 0 bridgehead atoms. The lowest BCUT2D eigenvalue weighted by molar-refractivity contribution is -0.140. The van der Waals surface area contributed by atoms with Crippen LogP contribution in [0.25, 0.3) is 0 Å². The number of carboxylic acids is 2. The summed E-state index contributed by atoms with van der Waals surface area (Å²) >= 11 is 3.43. The standard InChI is InChI=1S/C16H17BrO6/c1-23-12-3-2-10(17)15-9(7-11(18)16(12)15)4-8(5-13(19)20)6-14(21)22/h2-3,8-9H,4-7H2,1H3,(H,19,20)(H,21,22)/t9-/m0/s1. The molecule has 0 spiro atoms. The Morgan fingerprint density at radius 1 is 1.30 bits per heavy atom. The van der Waals surface area contributed by atoms with E-state index >= 15 is 0 Å². The van der Waals surface area contributed by atoms with E-state index in [-0.39, 0.29) is 31.0 Å². The first-order valence-corrected chi connectivity index (χ1v) is 7.96. The van der Waals surface area contributed by atoms with Gasteiger partial charge in [-0.2, -0.15) is 0 Å². The molecule has 6 nitrogen and oxygen atoms in total. The summed E-state index contributed by atoms with van der Waals surface area (Å²) in [5, 5.41) is 17.9. The van der Waals surface area contributed by atoms with E-state index in [2.05, 4.69) is 15.9 Å². The van der Waals surface area contributed by atoms with Crippen molar-refractivity contribution >= 4 is 33.7 Å². The Kier molecular flexibility index (Phi) is 5.41. The highest BCUT2D eigenvalue weighted by molar-refractivity contribution is 9.10. The second-order valence-electron chi connectivity index (χ2n) is 5.66. The topological polar surface area (TPSA) is 101 Å². The van der Waals surface area contributed by atoms with Gasteiger partial charge in [-0.25, -0.2) is 0 Å². The number of benzene rings is 1. The summed E-state index contributed by atoms with van der Waals surface area (Å²) in [7, 11) is 1.49. The molecule has 0 amide bonds. The van der Waals surface area contributed by atoms with Crippen LogP contribution < -0.4 is 4.74 Å². The first-order chi connectivity index (χ1) is 10.8. The molecule has 1 aromatic carbocycles. The summed E-state index contributed by atoms with van der Waals surface area (Å²) < 4.78 is 5.99. The van der Waals surface area contributed by atoms with E-state index in [1.807, 2.05) is 0 Å².